The van der Waals surface area contributed by atoms with Crippen LogP contribution in [0.3, 0.4) is 0 Å². The number of nitrogens with zero attached hydrogens (tertiary/aromatic N) is 1. The number of amides is 3. The van der Waals surface area contributed by atoms with Gasteiger partial charge in [-0.2, -0.15) is 13.2 Å². The summed E-state index contributed by atoms with van der Waals surface area (Å²) in [5.41, 5.74) is 15.9. The lowest BCUT2D eigenvalue weighted by Gasteiger charge is -2.39. The van der Waals surface area contributed by atoms with Crippen molar-refractivity contribution in [2.45, 2.75) is 31.2 Å². The SMILES string of the molecule is CCOc1ccc(NC(=O)[C@H](Cc2ccc(C(F)(F)F)cc2)NC(=O)[C@](N)(CNC=O)N(CCN)CCN)cc1. The third kappa shape index (κ3) is 9.19. The number of anilines is 1. The van der Waals surface area contributed by atoms with Crippen LogP contribution in [0, 0.1) is 0 Å². The van der Waals surface area contributed by atoms with Gasteiger partial charge in [0.05, 0.1) is 18.7 Å². The summed E-state index contributed by atoms with van der Waals surface area (Å²) in [7, 11) is 0. The van der Waals surface area contributed by atoms with Crippen molar-refractivity contribution in [3.8, 4) is 5.75 Å². The molecule has 0 saturated heterocycles. The third-order valence-electron chi connectivity index (χ3n) is 5.99. The van der Waals surface area contributed by atoms with E-state index in [0.717, 1.165) is 12.1 Å². The van der Waals surface area contributed by atoms with Crippen LogP contribution in [0.15, 0.2) is 48.5 Å². The first-order chi connectivity index (χ1) is 19.0. The number of halogens is 3. The Labute approximate surface area is 230 Å². The van der Waals surface area contributed by atoms with E-state index in [1.165, 1.54) is 17.0 Å². The zero-order valence-electron chi connectivity index (χ0n) is 22.2. The molecule has 2 rings (SSSR count). The van der Waals surface area contributed by atoms with Crippen molar-refractivity contribution in [1.82, 2.24) is 15.5 Å². The van der Waals surface area contributed by atoms with E-state index in [1.807, 2.05) is 6.92 Å². The van der Waals surface area contributed by atoms with Crippen molar-refractivity contribution >= 4 is 23.9 Å². The van der Waals surface area contributed by atoms with E-state index < -0.39 is 35.3 Å². The van der Waals surface area contributed by atoms with Gasteiger partial charge in [-0.1, -0.05) is 12.1 Å². The topological polar surface area (TPSA) is 178 Å². The second-order valence-electron chi connectivity index (χ2n) is 8.86. The number of ether oxygens (including phenoxy) is 1. The monoisotopic (exact) mass is 567 g/mol. The van der Waals surface area contributed by atoms with Crippen LogP contribution in [0.5, 0.6) is 5.75 Å². The Bertz CT molecular complexity index is 1090. The highest BCUT2D eigenvalue weighted by atomic mass is 19.4. The van der Waals surface area contributed by atoms with Crippen molar-refractivity contribution in [2.75, 3.05) is 44.6 Å². The number of benzene rings is 2. The molecule has 0 aromatic heterocycles. The van der Waals surface area contributed by atoms with Gasteiger partial charge in [-0.3, -0.25) is 19.3 Å². The second kappa shape index (κ2) is 15.2. The van der Waals surface area contributed by atoms with Crippen LogP contribution in [-0.4, -0.2) is 74.2 Å². The van der Waals surface area contributed by atoms with E-state index in [0.29, 0.717) is 30.0 Å². The molecule has 14 heteroatoms. The Balaban J connectivity index is 2.37. The summed E-state index contributed by atoms with van der Waals surface area (Å²) in [4.78, 5) is 39.4. The van der Waals surface area contributed by atoms with Gasteiger partial charge >= 0.3 is 6.18 Å². The van der Waals surface area contributed by atoms with Crippen LogP contribution in [0.4, 0.5) is 18.9 Å². The summed E-state index contributed by atoms with van der Waals surface area (Å²) in [6.07, 6.45) is -4.31. The van der Waals surface area contributed by atoms with E-state index in [1.54, 1.807) is 24.3 Å². The molecule has 220 valence electrons. The number of carbonyl (C=O) groups excluding carboxylic acids is 3. The zero-order chi connectivity index (χ0) is 29.8. The lowest BCUT2D eigenvalue weighted by atomic mass is 10.0. The predicted molar refractivity (Wildman–Crippen MR) is 144 cm³/mol. The fraction of sp³-hybridized carbons (Fsp3) is 0.423. The number of hydrogen-bond donors (Lipinski definition) is 6. The van der Waals surface area contributed by atoms with E-state index in [2.05, 4.69) is 16.0 Å². The molecule has 0 spiro atoms. The fourth-order valence-electron chi connectivity index (χ4n) is 3.94. The van der Waals surface area contributed by atoms with Crippen molar-refractivity contribution in [3.63, 3.8) is 0 Å². The summed E-state index contributed by atoms with van der Waals surface area (Å²) in [6.45, 7) is 2.52. The minimum atomic E-state index is -4.53. The van der Waals surface area contributed by atoms with Gasteiger partial charge in [-0.05, 0) is 48.9 Å². The van der Waals surface area contributed by atoms with Gasteiger partial charge in [-0.15, -0.1) is 0 Å². The summed E-state index contributed by atoms with van der Waals surface area (Å²) >= 11 is 0. The largest absolute Gasteiger partial charge is 0.494 e. The van der Waals surface area contributed by atoms with Crippen LogP contribution >= 0.6 is 0 Å². The summed E-state index contributed by atoms with van der Waals surface area (Å²) < 4.78 is 44.5. The molecular formula is C26H36F3N7O4. The molecular weight excluding hydrogens is 531 g/mol. The van der Waals surface area contributed by atoms with Gasteiger partial charge in [0.15, 0.2) is 5.66 Å². The highest BCUT2D eigenvalue weighted by Gasteiger charge is 2.41. The Hall–Kier alpha value is -3.72. The van der Waals surface area contributed by atoms with Gasteiger partial charge in [-0.25, -0.2) is 0 Å². The van der Waals surface area contributed by atoms with Gasteiger partial charge in [0.1, 0.15) is 11.8 Å². The van der Waals surface area contributed by atoms with E-state index in [4.69, 9.17) is 21.9 Å². The highest BCUT2D eigenvalue weighted by Crippen LogP contribution is 2.29. The number of nitrogens with two attached hydrogens (primary N) is 3. The average molecular weight is 568 g/mol. The molecule has 0 aliphatic carbocycles. The second-order valence-corrected chi connectivity index (χ2v) is 8.86. The van der Waals surface area contributed by atoms with Gasteiger partial charge in [0, 0.05) is 38.3 Å². The predicted octanol–water partition coefficient (Wildman–Crippen LogP) is 0.391. The van der Waals surface area contributed by atoms with E-state index in [9.17, 15) is 27.6 Å². The van der Waals surface area contributed by atoms with Gasteiger partial charge < -0.3 is 37.9 Å². The van der Waals surface area contributed by atoms with Crippen LogP contribution in [0.1, 0.15) is 18.1 Å². The molecule has 0 bridgehead atoms. The molecule has 0 unspecified atom stereocenters. The molecule has 11 nitrogen and oxygen atoms in total. The minimum Gasteiger partial charge on any atom is -0.494 e. The molecule has 40 heavy (non-hydrogen) atoms. The molecule has 0 fully saturated rings. The van der Waals surface area contributed by atoms with Crippen molar-refractivity contribution in [1.29, 1.82) is 0 Å². The zero-order valence-corrected chi connectivity index (χ0v) is 22.2. The number of rotatable bonds is 16. The minimum absolute atomic E-state index is 0.126. The van der Waals surface area contributed by atoms with Crippen LogP contribution in [0.2, 0.25) is 0 Å². The molecule has 3 amide bonds. The van der Waals surface area contributed by atoms with Crippen molar-refractivity contribution < 1.29 is 32.3 Å². The quantitative estimate of drug-likeness (QED) is 0.125. The number of nitrogens with one attached hydrogen (secondary N) is 3. The molecule has 0 aliphatic rings. The first-order valence-corrected chi connectivity index (χ1v) is 12.6. The molecule has 0 heterocycles. The molecule has 0 radical (unpaired) electrons. The first-order valence-electron chi connectivity index (χ1n) is 12.6. The summed E-state index contributed by atoms with van der Waals surface area (Å²) in [5, 5.41) is 7.68. The Morgan fingerprint density at radius 3 is 2.12 bits per heavy atom. The standard InChI is InChI=1S/C26H36F3N7O4/c1-2-40-21-9-7-20(8-10-21)34-23(38)22(15-18-3-5-19(6-4-18)26(27,28)29)35-24(39)25(32,16-33-17-37)36(13-11-30)14-12-31/h3-10,17,22H,2,11-16,30-32H2,1H3,(H,33,37)(H,34,38)(H,35,39)/t22-,25-/m0/s1. The van der Waals surface area contributed by atoms with E-state index in [-0.39, 0.29) is 39.1 Å². The number of carbonyl (C=O) groups is 3. The van der Waals surface area contributed by atoms with E-state index >= 15 is 0 Å². The van der Waals surface area contributed by atoms with Crippen LogP contribution < -0.4 is 37.9 Å². The fourth-order valence-corrected chi connectivity index (χ4v) is 3.94. The third-order valence-corrected chi connectivity index (χ3v) is 5.99. The Kier molecular flexibility index (Phi) is 12.3. The lowest BCUT2D eigenvalue weighted by Crippen LogP contribution is -2.72. The molecule has 9 N–H and O–H groups in total. The Morgan fingerprint density at radius 1 is 1.02 bits per heavy atom. The molecule has 2 atom stereocenters. The maximum Gasteiger partial charge on any atom is 0.416 e. The van der Waals surface area contributed by atoms with Crippen LogP contribution in [-0.2, 0) is 27.0 Å². The maximum atomic E-state index is 13.6. The van der Waals surface area contributed by atoms with Gasteiger partial charge in [0.2, 0.25) is 12.3 Å². The average Bonchev–Trinajstić information content (AvgIpc) is 2.92. The summed E-state index contributed by atoms with van der Waals surface area (Å²) in [6, 6.07) is 9.49. The lowest BCUT2D eigenvalue weighted by molar-refractivity contribution is -0.137. The highest BCUT2D eigenvalue weighted by molar-refractivity contribution is 5.98. The number of alkyl halides is 3. The summed E-state index contributed by atoms with van der Waals surface area (Å²) in [5.74, 6) is -0.875. The van der Waals surface area contributed by atoms with Crippen molar-refractivity contribution in [3.05, 3.63) is 59.7 Å². The smallest absolute Gasteiger partial charge is 0.416 e. The first kappa shape index (κ1) is 32.5. The number of hydrogen-bond acceptors (Lipinski definition) is 8. The van der Waals surface area contributed by atoms with Crippen molar-refractivity contribution in [2.24, 2.45) is 17.2 Å². The molecule has 0 saturated carbocycles. The van der Waals surface area contributed by atoms with Gasteiger partial charge in [0.25, 0.3) is 5.91 Å². The Morgan fingerprint density at radius 2 is 1.62 bits per heavy atom. The molecule has 2 aromatic carbocycles. The maximum absolute atomic E-state index is 13.6. The normalized spacial score (nSPS) is 13.7. The van der Waals surface area contributed by atoms with Crippen LogP contribution in [0.25, 0.3) is 0 Å². The molecule has 0 aliphatic heterocycles. The molecule has 2 aromatic rings.